The minimum absolute atomic E-state index is 0.702. The molecule has 1 heterocycles. The molecule has 2 nitrogen and oxygen atoms in total. The van der Waals surface area contributed by atoms with Crippen molar-refractivity contribution in [3.8, 4) is 0 Å². The minimum Gasteiger partial charge on any atom is -0.301 e. The second kappa shape index (κ2) is 3.74. The SMILES string of the molecule is CC(C)N1CC2(CC(N(C)C(C)C)C2)C1. The van der Waals surface area contributed by atoms with Gasteiger partial charge in [-0.25, -0.2) is 0 Å². The Morgan fingerprint density at radius 1 is 1.13 bits per heavy atom. The molecule has 0 aromatic carbocycles. The summed E-state index contributed by atoms with van der Waals surface area (Å²) in [5.74, 6) is 0. The zero-order chi connectivity index (χ0) is 11.2. The molecule has 2 aliphatic rings. The highest BCUT2D eigenvalue weighted by atomic mass is 15.3. The molecule has 0 amide bonds. The van der Waals surface area contributed by atoms with Crippen LogP contribution in [-0.2, 0) is 0 Å². The molecule has 1 spiro atoms. The van der Waals surface area contributed by atoms with Gasteiger partial charge < -0.3 is 4.90 Å². The van der Waals surface area contributed by atoms with Gasteiger partial charge in [0.05, 0.1) is 0 Å². The van der Waals surface area contributed by atoms with E-state index in [9.17, 15) is 0 Å². The van der Waals surface area contributed by atoms with Crippen molar-refractivity contribution in [1.82, 2.24) is 9.80 Å². The van der Waals surface area contributed by atoms with Crippen LogP contribution in [0.25, 0.3) is 0 Å². The minimum atomic E-state index is 0.702. The Bertz CT molecular complexity index is 221. The standard InChI is InChI=1S/C13H26N2/c1-10(2)14(5)12-6-13(7-12)8-15(9-13)11(3)4/h10-12H,6-9H2,1-5H3. The Morgan fingerprint density at radius 3 is 2.07 bits per heavy atom. The Hall–Kier alpha value is -0.0800. The van der Waals surface area contributed by atoms with Crippen molar-refractivity contribution in [3.63, 3.8) is 0 Å². The molecule has 2 fully saturated rings. The largest absolute Gasteiger partial charge is 0.301 e. The van der Waals surface area contributed by atoms with Crippen molar-refractivity contribution in [2.45, 2.75) is 58.7 Å². The fourth-order valence-corrected chi connectivity index (χ4v) is 3.09. The first-order valence-electron chi connectivity index (χ1n) is 6.39. The quantitative estimate of drug-likeness (QED) is 0.704. The van der Waals surface area contributed by atoms with Crippen LogP contribution in [0.5, 0.6) is 0 Å². The van der Waals surface area contributed by atoms with Gasteiger partial charge in [-0.1, -0.05) is 0 Å². The molecule has 1 aliphatic carbocycles. The Labute approximate surface area is 94.6 Å². The third-order valence-corrected chi connectivity index (χ3v) is 4.54. The Morgan fingerprint density at radius 2 is 1.67 bits per heavy atom. The lowest BCUT2D eigenvalue weighted by Crippen LogP contribution is -2.67. The van der Waals surface area contributed by atoms with Crippen LogP contribution in [-0.4, -0.2) is 48.1 Å². The van der Waals surface area contributed by atoms with E-state index >= 15 is 0 Å². The summed E-state index contributed by atoms with van der Waals surface area (Å²) >= 11 is 0. The van der Waals surface area contributed by atoms with E-state index in [1.807, 2.05) is 0 Å². The van der Waals surface area contributed by atoms with Gasteiger partial charge in [-0.15, -0.1) is 0 Å². The molecule has 15 heavy (non-hydrogen) atoms. The van der Waals surface area contributed by atoms with Crippen LogP contribution in [0.4, 0.5) is 0 Å². The van der Waals surface area contributed by atoms with E-state index in [1.54, 1.807) is 0 Å². The molecule has 0 bridgehead atoms. The number of rotatable bonds is 3. The maximum Gasteiger partial charge on any atom is 0.0107 e. The Kier molecular flexibility index (Phi) is 2.85. The zero-order valence-electron chi connectivity index (χ0n) is 11.0. The summed E-state index contributed by atoms with van der Waals surface area (Å²) in [6, 6.07) is 2.31. The van der Waals surface area contributed by atoms with Gasteiger partial charge in [-0.2, -0.15) is 0 Å². The van der Waals surface area contributed by atoms with Gasteiger partial charge in [0, 0.05) is 31.2 Å². The first-order chi connectivity index (χ1) is 6.93. The monoisotopic (exact) mass is 210 g/mol. The second-order valence-electron chi connectivity index (χ2n) is 6.32. The number of hydrogen-bond donors (Lipinski definition) is 0. The fourth-order valence-electron chi connectivity index (χ4n) is 3.09. The summed E-state index contributed by atoms with van der Waals surface area (Å²) in [6.45, 7) is 11.9. The molecule has 1 saturated heterocycles. The lowest BCUT2D eigenvalue weighted by atomic mass is 9.60. The molecule has 1 saturated carbocycles. The van der Waals surface area contributed by atoms with E-state index in [0.29, 0.717) is 6.04 Å². The van der Waals surface area contributed by atoms with Crippen molar-refractivity contribution < 1.29 is 0 Å². The second-order valence-corrected chi connectivity index (χ2v) is 6.32. The third-order valence-electron chi connectivity index (χ3n) is 4.54. The average molecular weight is 210 g/mol. The molecule has 2 rings (SSSR count). The highest BCUT2D eigenvalue weighted by Gasteiger charge is 2.53. The van der Waals surface area contributed by atoms with Crippen molar-refractivity contribution in [1.29, 1.82) is 0 Å². The molecule has 0 unspecified atom stereocenters. The number of nitrogens with zero attached hydrogens (tertiary/aromatic N) is 2. The third kappa shape index (κ3) is 1.94. The van der Waals surface area contributed by atoms with Crippen LogP contribution < -0.4 is 0 Å². The van der Waals surface area contributed by atoms with Crippen LogP contribution in [0, 0.1) is 5.41 Å². The maximum atomic E-state index is 2.60. The maximum absolute atomic E-state index is 2.60. The van der Waals surface area contributed by atoms with Crippen molar-refractivity contribution in [2.24, 2.45) is 5.41 Å². The van der Waals surface area contributed by atoms with E-state index < -0.39 is 0 Å². The van der Waals surface area contributed by atoms with Crippen LogP contribution in [0.15, 0.2) is 0 Å². The molecule has 0 aromatic rings. The summed E-state index contributed by atoms with van der Waals surface area (Å²) in [4.78, 5) is 5.15. The van der Waals surface area contributed by atoms with Gasteiger partial charge in [0.15, 0.2) is 0 Å². The first kappa shape index (κ1) is 11.4. The topological polar surface area (TPSA) is 6.48 Å². The zero-order valence-corrected chi connectivity index (χ0v) is 11.0. The average Bonchev–Trinajstić information content (AvgIpc) is 1.97. The van der Waals surface area contributed by atoms with Gasteiger partial charge in [0.1, 0.15) is 0 Å². The molecular weight excluding hydrogens is 184 g/mol. The van der Waals surface area contributed by atoms with Gasteiger partial charge >= 0.3 is 0 Å². The lowest BCUT2D eigenvalue weighted by molar-refractivity contribution is -0.120. The summed E-state index contributed by atoms with van der Waals surface area (Å²) in [5, 5.41) is 0. The molecule has 0 N–H and O–H groups in total. The lowest BCUT2D eigenvalue weighted by Gasteiger charge is -2.62. The van der Waals surface area contributed by atoms with E-state index in [1.165, 1.54) is 25.9 Å². The van der Waals surface area contributed by atoms with Crippen molar-refractivity contribution in [3.05, 3.63) is 0 Å². The van der Waals surface area contributed by atoms with Crippen molar-refractivity contribution in [2.75, 3.05) is 20.1 Å². The highest BCUT2D eigenvalue weighted by Crippen LogP contribution is 2.50. The summed E-state index contributed by atoms with van der Waals surface area (Å²) in [5.41, 5.74) is 0.720. The van der Waals surface area contributed by atoms with Gasteiger partial charge in [0.25, 0.3) is 0 Å². The molecule has 0 aromatic heterocycles. The first-order valence-corrected chi connectivity index (χ1v) is 6.39. The number of hydrogen-bond acceptors (Lipinski definition) is 2. The van der Waals surface area contributed by atoms with Crippen molar-refractivity contribution >= 4 is 0 Å². The summed E-state index contributed by atoms with van der Waals surface area (Å²) in [7, 11) is 2.28. The molecule has 0 atom stereocenters. The van der Waals surface area contributed by atoms with Crippen LogP contribution >= 0.6 is 0 Å². The molecule has 1 aliphatic heterocycles. The van der Waals surface area contributed by atoms with Crippen LogP contribution in [0.1, 0.15) is 40.5 Å². The molecular formula is C13H26N2. The molecule has 2 heteroatoms. The van der Waals surface area contributed by atoms with E-state index in [-0.39, 0.29) is 0 Å². The fraction of sp³-hybridized carbons (Fsp3) is 1.00. The number of likely N-dealkylation sites (tertiary alicyclic amines) is 1. The predicted molar refractivity (Wildman–Crippen MR) is 65.1 cm³/mol. The van der Waals surface area contributed by atoms with E-state index in [2.05, 4.69) is 44.5 Å². The van der Waals surface area contributed by atoms with Gasteiger partial charge in [0.2, 0.25) is 0 Å². The Balaban J connectivity index is 1.75. The van der Waals surface area contributed by atoms with E-state index in [0.717, 1.165) is 17.5 Å². The van der Waals surface area contributed by atoms with Gasteiger partial charge in [-0.3, -0.25) is 4.90 Å². The van der Waals surface area contributed by atoms with E-state index in [4.69, 9.17) is 0 Å². The van der Waals surface area contributed by atoms with Crippen LogP contribution in [0.2, 0.25) is 0 Å². The predicted octanol–water partition coefficient (Wildman–Crippen LogP) is 2.20. The normalized spacial score (nSPS) is 26.4. The summed E-state index contributed by atoms with van der Waals surface area (Å²) < 4.78 is 0. The summed E-state index contributed by atoms with van der Waals surface area (Å²) in [6.07, 6.45) is 2.87. The molecule has 88 valence electrons. The van der Waals surface area contributed by atoms with Crippen LogP contribution in [0.3, 0.4) is 0 Å². The molecule has 0 radical (unpaired) electrons. The highest BCUT2D eigenvalue weighted by molar-refractivity contribution is 5.07. The smallest absolute Gasteiger partial charge is 0.0107 e. The van der Waals surface area contributed by atoms with Gasteiger partial charge in [-0.05, 0) is 53.0 Å².